The number of hydrogen-bond acceptors (Lipinski definition) is 3. The van der Waals surface area contributed by atoms with Crippen LogP contribution in [0.15, 0.2) is 24.5 Å². The molecule has 4 heteroatoms. The summed E-state index contributed by atoms with van der Waals surface area (Å²) in [6.45, 7) is 7.79. The summed E-state index contributed by atoms with van der Waals surface area (Å²) in [6.07, 6.45) is 3.42. The Morgan fingerprint density at radius 3 is 2.53 bits per heavy atom. The van der Waals surface area contributed by atoms with Gasteiger partial charge >= 0.3 is 0 Å². The smallest absolute Gasteiger partial charge is 0.246 e. The topological polar surface area (TPSA) is 51.2 Å². The molecule has 1 atom stereocenters. The second-order valence-corrected chi connectivity index (χ2v) is 4.97. The molecule has 0 bridgehead atoms. The predicted octanol–water partition coefficient (Wildman–Crippen LogP) is 2.07. The van der Waals surface area contributed by atoms with Crippen molar-refractivity contribution in [1.82, 2.24) is 10.3 Å². The highest BCUT2D eigenvalue weighted by Crippen LogP contribution is 2.10. The zero-order valence-electron chi connectivity index (χ0n) is 10.9. The summed E-state index contributed by atoms with van der Waals surface area (Å²) in [5.74, 6) is -0.107. The van der Waals surface area contributed by atoms with Crippen LogP contribution in [0.1, 0.15) is 39.3 Å². The number of nitrogens with zero attached hydrogens (tertiary/aromatic N) is 1. The van der Waals surface area contributed by atoms with Gasteiger partial charge in [-0.25, -0.2) is 0 Å². The normalized spacial score (nSPS) is 13.2. The molecule has 4 nitrogen and oxygen atoms in total. The molecule has 0 fully saturated rings. The molecule has 1 amide bonds. The molecule has 0 spiro atoms. The molecule has 1 heterocycles. The minimum atomic E-state index is -0.294. The monoisotopic (exact) mass is 236 g/mol. The van der Waals surface area contributed by atoms with Crippen LogP contribution in [-0.2, 0) is 9.53 Å². The second-order valence-electron chi connectivity index (χ2n) is 4.97. The van der Waals surface area contributed by atoms with Crippen LogP contribution in [0, 0.1) is 0 Å². The first-order valence-corrected chi connectivity index (χ1v) is 5.72. The maximum absolute atomic E-state index is 11.6. The molecule has 94 valence electrons. The molecule has 17 heavy (non-hydrogen) atoms. The molecule has 1 rings (SSSR count). The van der Waals surface area contributed by atoms with Crippen LogP contribution in [0.4, 0.5) is 0 Å². The Hall–Kier alpha value is -1.42. The summed E-state index contributed by atoms with van der Waals surface area (Å²) in [6, 6.07) is 3.74. The lowest BCUT2D eigenvalue weighted by atomic mass is 10.1. The third-order valence-electron chi connectivity index (χ3n) is 2.22. The molecule has 0 aromatic carbocycles. The standard InChI is InChI=1S/C13H20N2O2/c1-10(11-5-7-14-8-6-11)15-12(16)9-17-13(2,3)4/h5-8,10H,9H2,1-4H3,(H,15,16). The first kappa shape index (κ1) is 13.6. The third-order valence-corrected chi connectivity index (χ3v) is 2.22. The quantitative estimate of drug-likeness (QED) is 0.870. The SMILES string of the molecule is CC(NC(=O)COC(C)(C)C)c1ccncc1. The van der Waals surface area contributed by atoms with Crippen LogP contribution >= 0.6 is 0 Å². The fourth-order valence-electron chi connectivity index (χ4n) is 1.30. The van der Waals surface area contributed by atoms with Crippen molar-refractivity contribution in [3.8, 4) is 0 Å². The maximum Gasteiger partial charge on any atom is 0.246 e. The molecule has 0 saturated carbocycles. The first-order chi connectivity index (χ1) is 7.88. The van der Waals surface area contributed by atoms with Gasteiger partial charge in [-0.2, -0.15) is 0 Å². The molecule has 1 unspecified atom stereocenters. The summed E-state index contributed by atoms with van der Waals surface area (Å²) in [5.41, 5.74) is 0.737. The summed E-state index contributed by atoms with van der Waals surface area (Å²) < 4.78 is 5.40. The van der Waals surface area contributed by atoms with E-state index in [0.717, 1.165) is 5.56 Å². The molecule has 1 aromatic heterocycles. The van der Waals surface area contributed by atoms with Crippen LogP contribution in [0.5, 0.6) is 0 Å². The average molecular weight is 236 g/mol. The van der Waals surface area contributed by atoms with Gasteiger partial charge in [0.05, 0.1) is 11.6 Å². The van der Waals surface area contributed by atoms with Gasteiger partial charge in [0.1, 0.15) is 6.61 Å². The van der Waals surface area contributed by atoms with Gasteiger partial charge in [0.25, 0.3) is 0 Å². The molecule has 0 radical (unpaired) electrons. The highest BCUT2D eigenvalue weighted by molar-refractivity contribution is 5.77. The highest BCUT2D eigenvalue weighted by atomic mass is 16.5. The molecule has 0 saturated heterocycles. The number of ether oxygens (including phenoxy) is 1. The second kappa shape index (κ2) is 5.77. The van der Waals surface area contributed by atoms with Gasteiger partial charge in [-0.1, -0.05) is 0 Å². The van der Waals surface area contributed by atoms with Crippen molar-refractivity contribution < 1.29 is 9.53 Å². The Kier molecular flexibility index (Phi) is 4.63. The van der Waals surface area contributed by atoms with Crippen LogP contribution < -0.4 is 5.32 Å². The van der Waals surface area contributed by atoms with Crippen LogP contribution in [-0.4, -0.2) is 23.1 Å². The highest BCUT2D eigenvalue weighted by Gasteiger charge is 2.14. The van der Waals surface area contributed by atoms with E-state index in [-0.39, 0.29) is 24.2 Å². The van der Waals surface area contributed by atoms with Gasteiger partial charge in [-0.05, 0) is 45.4 Å². The first-order valence-electron chi connectivity index (χ1n) is 5.72. The third kappa shape index (κ3) is 5.45. The van der Waals surface area contributed by atoms with Gasteiger partial charge in [0, 0.05) is 12.4 Å². The zero-order chi connectivity index (χ0) is 12.9. The number of amides is 1. The molecular weight excluding hydrogens is 216 g/mol. The number of pyridine rings is 1. The van der Waals surface area contributed by atoms with E-state index in [4.69, 9.17) is 4.74 Å². The number of carbonyl (C=O) groups excluding carboxylic acids is 1. The van der Waals surface area contributed by atoms with E-state index in [1.165, 1.54) is 0 Å². The van der Waals surface area contributed by atoms with Gasteiger partial charge in [0.2, 0.25) is 5.91 Å². The molecular formula is C13H20N2O2. The maximum atomic E-state index is 11.6. The fourth-order valence-corrected chi connectivity index (χ4v) is 1.30. The fraction of sp³-hybridized carbons (Fsp3) is 0.538. The zero-order valence-corrected chi connectivity index (χ0v) is 10.9. The Morgan fingerprint density at radius 2 is 2.00 bits per heavy atom. The van der Waals surface area contributed by atoms with Crippen molar-refractivity contribution in [2.24, 2.45) is 0 Å². The van der Waals surface area contributed by atoms with E-state index >= 15 is 0 Å². The summed E-state index contributed by atoms with van der Waals surface area (Å²) >= 11 is 0. The molecule has 1 N–H and O–H groups in total. The lowest BCUT2D eigenvalue weighted by molar-refractivity contribution is -0.131. The largest absolute Gasteiger partial charge is 0.366 e. The van der Waals surface area contributed by atoms with Gasteiger partial charge in [0.15, 0.2) is 0 Å². The number of nitrogens with one attached hydrogen (secondary N) is 1. The lowest BCUT2D eigenvalue weighted by Crippen LogP contribution is -2.33. The number of aromatic nitrogens is 1. The van der Waals surface area contributed by atoms with E-state index in [0.29, 0.717) is 0 Å². The Bertz CT molecular complexity index is 357. The Morgan fingerprint density at radius 1 is 1.41 bits per heavy atom. The van der Waals surface area contributed by atoms with Crippen molar-refractivity contribution >= 4 is 5.91 Å². The van der Waals surface area contributed by atoms with E-state index in [9.17, 15) is 4.79 Å². The summed E-state index contributed by atoms with van der Waals surface area (Å²) in [5, 5.41) is 2.88. The molecule has 0 aliphatic carbocycles. The van der Waals surface area contributed by atoms with E-state index in [2.05, 4.69) is 10.3 Å². The number of hydrogen-bond donors (Lipinski definition) is 1. The minimum absolute atomic E-state index is 0.0333. The van der Waals surface area contributed by atoms with Crippen LogP contribution in [0.3, 0.4) is 0 Å². The van der Waals surface area contributed by atoms with Crippen molar-refractivity contribution in [1.29, 1.82) is 0 Å². The molecule has 1 aromatic rings. The molecule has 0 aliphatic rings. The molecule has 0 aliphatic heterocycles. The van der Waals surface area contributed by atoms with E-state index < -0.39 is 0 Å². The predicted molar refractivity (Wildman–Crippen MR) is 66.5 cm³/mol. The van der Waals surface area contributed by atoms with Gasteiger partial charge < -0.3 is 10.1 Å². The average Bonchev–Trinajstić information content (AvgIpc) is 2.27. The van der Waals surface area contributed by atoms with Crippen molar-refractivity contribution in [3.63, 3.8) is 0 Å². The van der Waals surface area contributed by atoms with E-state index in [1.54, 1.807) is 12.4 Å². The van der Waals surface area contributed by atoms with Crippen molar-refractivity contribution in [2.45, 2.75) is 39.3 Å². The van der Waals surface area contributed by atoms with E-state index in [1.807, 2.05) is 39.8 Å². The summed E-state index contributed by atoms with van der Waals surface area (Å²) in [4.78, 5) is 15.6. The van der Waals surface area contributed by atoms with Crippen molar-refractivity contribution in [3.05, 3.63) is 30.1 Å². The number of carbonyl (C=O) groups is 1. The Balaban J connectivity index is 2.42. The summed E-state index contributed by atoms with van der Waals surface area (Å²) in [7, 11) is 0. The van der Waals surface area contributed by atoms with Gasteiger partial charge in [-0.3, -0.25) is 9.78 Å². The van der Waals surface area contributed by atoms with Crippen LogP contribution in [0.2, 0.25) is 0 Å². The van der Waals surface area contributed by atoms with Gasteiger partial charge in [-0.15, -0.1) is 0 Å². The number of rotatable bonds is 4. The minimum Gasteiger partial charge on any atom is -0.366 e. The van der Waals surface area contributed by atoms with Crippen molar-refractivity contribution in [2.75, 3.05) is 6.61 Å². The Labute approximate surface area is 102 Å². The van der Waals surface area contributed by atoms with Crippen LogP contribution in [0.25, 0.3) is 0 Å². The lowest BCUT2D eigenvalue weighted by Gasteiger charge is -2.20.